The van der Waals surface area contributed by atoms with Crippen LogP contribution in [0.25, 0.3) is 0 Å². The molecule has 4 heteroatoms. The molecule has 2 rings (SSSR count). The van der Waals surface area contributed by atoms with Crippen LogP contribution < -0.4 is 5.73 Å². The minimum absolute atomic E-state index is 0.207. The maximum atomic E-state index is 10.8. The number of aliphatic hydroxyl groups is 1. The van der Waals surface area contributed by atoms with E-state index in [0.29, 0.717) is 6.42 Å². The average Bonchev–Trinajstić information content (AvgIpc) is 2.47. The van der Waals surface area contributed by atoms with Crippen LogP contribution in [-0.4, -0.2) is 22.3 Å². The molecule has 104 valence electrons. The van der Waals surface area contributed by atoms with Crippen molar-refractivity contribution in [3.05, 3.63) is 71.3 Å². The number of carboxylic acid groups (broad SMARTS) is 1. The number of rotatable bonds is 5. The van der Waals surface area contributed by atoms with Crippen LogP contribution in [-0.2, 0) is 6.42 Å². The van der Waals surface area contributed by atoms with E-state index in [9.17, 15) is 9.90 Å². The van der Waals surface area contributed by atoms with E-state index in [4.69, 9.17) is 10.8 Å². The van der Waals surface area contributed by atoms with Crippen molar-refractivity contribution in [2.45, 2.75) is 18.6 Å². The minimum Gasteiger partial charge on any atom is -0.478 e. The molecule has 2 aromatic carbocycles. The second kappa shape index (κ2) is 6.32. The average molecular weight is 271 g/mol. The Morgan fingerprint density at radius 1 is 1.05 bits per heavy atom. The van der Waals surface area contributed by atoms with Crippen LogP contribution in [0.3, 0.4) is 0 Å². The highest BCUT2D eigenvalue weighted by Gasteiger charge is 2.17. The first kappa shape index (κ1) is 14.2. The van der Waals surface area contributed by atoms with E-state index in [1.165, 1.54) is 12.1 Å². The highest BCUT2D eigenvalue weighted by molar-refractivity contribution is 5.87. The number of hydrogen-bond donors (Lipinski definition) is 3. The maximum absolute atomic E-state index is 10.8. The van der Waals surface area contributed by atoms with Crippen molar-refractivity contribution >= 4 is 5.97 Å². The molecule has 0 spiro atoms. The molecule has 20 heavy (non-hydrogen) atoms. The van der Waals surface area contributed by atoms with Crippen LogP contribution in [0.2, 0.25) is 0 Å². The van der Waals surface area contributed by atoms with E-state index in [-0.39, 0.29) is 5.56 Å². The van der Waals surface area contributed by atoms with Gasteiger partial charge in [-0.2, -0.15) is 0 Å². The van der Waals surface area contributed by atoms with Crippen LogP contribution in [0.1, 0.15) is 27.5 Å². The summed E-state index contributed by atoms with van der Waals surface area (Å²) >= 11 is 0. The molecule has 0 fully saturated rings. The topological polar surface area (TPSA) is 83.6 Å². The van der Waals surface area contributed by atoms with Crippen molar-refractivity contribution in [1.29, 1.82) is 0 Å². The lowest BCUT2D eigenvalue weighted by Crippen LogP contribution is -2.28. The number of benzene rings is 2. The van der Waals surface area contributed by atoms with Crippen molar-refractivity contribution in [3.63, 3.8) is 0 Å². The van der Waals surface area contributed by atoms with Crippen LogP contribution in [0.5, 0.6) is 0 Å². The normalized spacial score (nSPS) is 13.7. The summed E-state index contributed by atoms with van der Waals surface area (Å²) < 4.78 is 0. The van der Waals surface area contributed by atoms with Gasteiger partial charge in [-0.05, 0) is 23.3 Å². The standard InChI is InChI=1S/C16H17NO3/c17-15(12-6-8-13(9-7-12)16(19)20)14(18)10-11-4-2-1-3-5-11/h1-9,14-15,18H,10,17H2,(H,19,20)/t14-,15+/m0/s1. The number of aliphatic hydroxyl groups excluding tert-OH is 1. The molecule has 0 aromatic heterocycles. The van der Waals surface area contributed by atoms with Crippen molar-refractivity contribution < 1.29 is 15.0 Å². The predicted molar refractivity (Wildman–Crippen MR) is 76.5 cm³/mol. The zero-order valence-electron chi connectivity index (χ0n) is 10.9. The molecular weight excluding hydrogens is 254 g/mol. The fraction of sp³-hybridized carbons (Fsp3) is 0.188. The zero-order chi connectivity index (χ0) is 14.5. The molecule has 0 radical (unpaired) electrons. The van der Waals surface area contributed by atoms with Crippen molar-refractivity contribution in [3.8, 4) is 0 Å². The van der Waals surface area contributed by atoms with E-state index < -0.39 is 18.1 Å². The first-order valence-electron chi connectivity index (χ1n) is 6.39. The lowest BCUT2D eigenvalue weighted by atomic mass is 9.96. The van der Waals surface area contributed by atoms with Gasteiger partial charge < -0.3 is 15.9 Å². The summed E-state index contributed by atoms with van der Waals surface area (Å²) in [5.74, 6) is -0.977. The molecule has 2 aromatic rings. The fourth-order valence-corrected chi connectivity index (χ4v) is 2.05. The molecule has 2 atom stereocenters. The third-order valence-corrected chi connectivity index (χ3v) is 3.24. The predicted octanol–water partition coefficient (Wildman–Crippen LogP) is 1.99. The SMILES string of the molecule is N[C@H](c1ccc(C(=O)O)cc1)[C@@H](O)Cc1ccccc1. The van der Waals surface area contributed by atoms with Gasteiger partial charge in [-0.15, -0.1) is 0 Å². The van der Waals surface area contributed by atoms with E-state index in [1.807, 2.05) is 30.3 Å². The molecule has 0 heterocycles. The maximum Gasteiger partial charge on any atom is 0.335 e. The van der Waals surface area contributed by atoms with Crippen LogP contribution in [0.15, 0.2) is 54.6 Å². The van der Waals surface area contributed by atoms with E-state index in [2.05, 4.69) is 0 Å². The van der Waals surface area contributed by atoms with Crippen LogP contribution in [0.4, 0.5) is 0 Å². The Morgan fingerprint density at radius 2 is 1.65 bits per heavy atom. The van der Waals surface area contributed by atoms with Gasteiger partial charge >= 0.3 is 5.97 Å². The monoisotopic (exact) mass is 271 g/mol. The first-order valence-corrected chi connectivity index (χ1v) is 6.39. The molecule has 0 aliphatic carbocycles. The van der Waals surface area contributed by atoms with Crippen molar-refractivity contribution in [2.24, 2.45) is 5.73 Å². The van der Waals surface area contributed by atoms with Gasteiger partial charge in [0.05, 0.1) is 17.7 Å². The summed E-state index contributed by atoms with van der Waals surface area (Å²) in [5, 5.41) is 19.0. The number of carbonyl (C=O) groups is 1. The molecule has 0 aliphatic heterocycles. The number of carboxylic acids is 1. The van der Waals surface area contributed by atoms with Gasteiger partial charge in [-0.1, -0.05) is 42.5 Å². The van der Waals surface area contributed by atoms with Gasteiger partial charge in [0.2, 0.25) is 0 Å². The molecule has 0 saturated carbocycles. The highest BCUT2D eigenvalue weighted by Crippen LogP contribution is 2.18. The molecular formula is C16H17NO3. The number of aromatic carboxylic acids is 1. The van der Waals surface area contributed by atoms with Gasteiger partial charge in [0.15, 0.2) is 0 Å². The minimum atomic E-state index is -0.977. The Hall–Kier alpha value is -2.17. The summed E-state index contributed by atoms with van der Waals surface area (Å²) in [6.45, 7) is 0. The highest BCUT2D eigenvalue weighted by atomic mass is 16.4. The van der Waals surface area contributed by atoms with Gasteiger partial charge in [-0.25, -0.2) is 4.79 Å². The Kier molecular flexibility index (Phi) is 4.50. The van der Waals surface area contributed by atoms with Crippen molar-refractivity contribution in [2.75, 3.05) is 0 Å². The second-order valence-electron chi connectivity index (χ2n) is 4.71. The van der Waals surface area contributed by atoms with E-state index in [0.717, 1.165) is 11.1 Å². The summed E-state index contributed by atoms with van der Waals surface area (Å²) in [5.41, 5.74) is 7.95. The summed E-state index contributed by atoms with van der Waals surface area (Å²) in [7, 11) is 0. The number of hydrogen-bond acceptors (Lipinski definition) is 3. The smallest absolute Gasteiger partial charge is 0.335 e. The van der Waals surface area contributed by atoms with E-state index in [1.54, 1.807) is 12.1 Å². The van der Waals surface area contributed by atoms with Gasteiger partial charge in [0.1, 0.15) is 0 Å². The third kappa shape index (κ3) is 3.44. The first-order chi connectivity index (χ1) is 9.58. The summed E-state index contributed by atoms with van der Waals surface area (Å²) in [6, 6.07) is 15.3. The lowest BCUT2D eigenvalue weighted by Gasteiger charge is -2.19. The Labute approximate surface area is 117 Å². The van der Waals surface area contributed by atoms with E-state index >= 15 is 0 Å². The van der Waals surface area contributed by atoms with Gasteiger partial charge in [-0.3, -0.25) is 0 Å². The largest absolute Gasteiger partial charge is 0.478 e. The van der Waals surface area contributed by atoms with Gasteiger partial charge in [0, 0.05) is 6.42 Å². The molecule has 4 nitrogen and oxygen atoms in total. The second-order valence-corrected chi connectivity index (χ2v) is 4.71. The van der Waals surface area contributed by atoms with Crippen LogP contribution >= 0.6 is 0 Å². The lowest BCUT2D eigenvalue weighted by molar-refractivity contribution is 0.0697. The zero-order valence-corrected chi connectivity index (χ0v) is 10.9. The summed E-state index contributed by atoms with van der Waals surface area (Å²) in [4.78, 5) is 10.8. The molecule has 0 bridgehead atoms. The summed E-state index contributed by atoms with van der Waals surface area (Å²) in [6.07, 6.45) is -0.254. The fourth-order valence-electron chi connectivity index (χ4n) is 2.05. The Morgan fingerprint density at radius 3 is 2.20 bits per heavy atom. The van der Waals surface area contributed by atoms with Crippen molar-refractivity contribution in [1.82, 2.24) is 0 Å². The molecule has 0 unspecified atom stereocenters. The molecule has 4 N–H and O–H groups in total. The Balaban J connectivity index is 2.06. The van der Waals surface area contributed by atoms with Gasteiger partial charge in [0.25, 0.3) is 0 Å². The molecule has 0 aliphatic rings. The number of nitrogens with two attached hydrogens (primary N) is 1. The molecule has 0 amide bonds. The molecule has 0 saturated heterocycles. The Bertz CT molecular complexity index is 566. The quantitative estimate of drug-likeness (QED) is 0.776. The van der Waals surface area contributed by atoms with Crippen LogP contribution in [0, 0.1) is 0 Å². The third-order valence-electron chi connectivity index (χ3n) is 3.24.